The minimum atomic E-state index is -0.784. The Kier molecular flexibility index (Phi) is 8.21. The highest BCUT2D eigenvalue weighted by Crippen LogP contribution is 2.12. The van der Waals surface area contributed by atoms with Crippen molar-refractivity contribution in [3.8, 4) is 5.75 Å². The van der Waals surface area contributed by atoms with Crippen LogP contribution in [0, 0.1) is 5.92 Å². The Morgan fingerprint density at radius 1 is 0.862 bits per heavy atom. The third kappa shape index (κ3) is 6.34. The van der Waals surface area contributed by atoms with Crippen molar-refractivity contribution in [2.45, 2.75) is 33.2 Å². The van der Waals surface area contributed by atoms with E-state index in [2.05, 4.69) is 16.2 Å². The molecule has 0 radical (unpaired) electrons. The van der Waals surface area contributed by atoms with Crippen LogP contribution in [-0.4, -0.2) is 30.4 Å². The van der Waals surface area contributed by atoms with Crippen LogP contribution in [0.4, 0.5) is 0 Å². The number of nitrogens with one attached hydrogen (secondary N) is 3. The number of amides is 3. The summed E-state index contributed by atoms with van der Waals surface area (Å²) in [6, 6.07) is 14.5. The summed E-state index contributed by atoms with van der Waals surface area (Å²) in [6.07, 6.45) is 0.681. The topological polar surface area (TPSA) is 96.5 Å². The van der Waals surface area contributed by atoms with Gasteiger partial charge in [-0.05, 0) is 49.2 Å². The van der Waals surface area contributed by atoms with Gasteiger partial charge in [0.25, 0.3) is 17.7 Å². The molecule has 0 aromatic heterocycles. The number of hydrogen-bond acceptors (Lipinski definition) is 4. The van der Waals surface area contributed by atoms with Gasteiger partial charge in [0.2, 0.25) is 0 Å². The lowest BCUT2D eigenvalue weighted by Gasteiger charge is -2.23. The SMILES string of the molecule is CCOc1ccc(C(=O)NNC(=O)[C@@H](NC(=O)c2ccccc2)[C@@H](C)CC)cc1. The maximum Gasteiger partial charge on any atom is 0.269 e. The van der Waals surface area contributed by atoms with E-state index in [1.54, 1.807) is 48.5 Å². The molecule has 0 aliphatic carbocycles. The van der Waals surface area contributed by atoms with E-state index in [9.17, 15) is 14.4 Å². The van der Waals surface area contributed by atoms with Crippen LogP contribution in [0.25, 0.3) is 0 Å². The van der Waals surface area contributed by atoms with Crippen molar-refractivity contribution in [1.82, 2.24) is 16.2 Å². The first-order valence-electron chi connectivity index (χ1n) is 9.65. The Hall–Kier alpha value is -3.35. The zero-order chi connectivity index (χ0) is 21.2. The van der Waals surface area contributed by atoms with E-state index < -0.39 is 17.9 Å². The minimum absolute atomic E-state index is 0.120. The molecule has 0 unspecified atom stereocenters. The van der Waals surface area contributed by atoms with Crippen molar-refractivity contribution in [3.05, 3.63) is 65.7 Å². The molecule has 0 spiro atoms. The lowest BCUT2D eigenvalue weighted by molar-refractivity contribution is -0.124. The van der Waals surface area contributed by atoms with E-state index in [1.807, 2.05) is 26.8 Å². The molecule has 7 heteroatoms. The highest BCUT2D eigenvalue weighted by atomic mass is 16.5. The summed E-state index contributed by atoms with van der Waals surface area (Å²) in [5.74, 6) is -0.746. The molecule has 2 aromatic rings. The highest BCUT2D eigenvalue weighted by Gasteiger charge is 2.26. The van der Waals surface area contributed by atoms with E-state index >= 15 is 0 Å². The lowest BCUT2D eigenvalue weighted by atomic mass is 9.98. The second kappa shape index (κ2) is 10.8. The number of carbonyl (C=O) groups excluding carboxylic acids is 3. The van der Waals surface area contributed by atoms with Crippen molar-refractivity contribution in [2.24, 2.45) is 5.92 Å². The summed E-state index contributed by atoms with van der Waals surface area (Å²) < 4.78 is 5.34. The van der Waals surface area contributed by atoms with Gasteiger partial charge in [0.15, 0.2) is 0 Å². The fourth-order valence-electron chi connectivity index (χ4n) is 2.65. The Balaban J connectivity index is 1.98. The molecule has 0 saturated heterocycles. The van der Waals surface area contributed by atoms with Gasteiger partial charge < -0.3 is 10.1 Å². The van der Waals surface area contributed by atoms with E-state index in [4.69, 9.17) is 4.74 Å². The first-order chi connectivity index (χ1) is 14.0. The summed E-state index contributed by atoms with van der Waals surface area (Å²) in [7, 11) is 0. The molecule has 0 aliphatic heterocycles. The first kappa shape index (κ1) is 21.9. The fraction of sp³-hybridized carbons (Fsp3) is 0.318. The summed E-state index contributed by atoms with van der Waals surface area (Å²) in [5, 5.41) is 2.75. The molecule has 0 bridgehead atoms. The molecule has 2 rings (SSSR count). The number of hydrogen-bond donors (Lipinski definition) is 3. The average Bonchev–Trinajstić information content (AvgIpc) is 2.76. The Morgan fingerprint density at radius 2 is 1.48 bits per heavy atom. The Labute approximate surface area is 170 Å². The molecule has 0 heterocycles. The van der Waals surface area contributed by atoms with Gasteiger partial charge in [-0.3, -0.25) is 25.2 Å². The lowest BCUT2D eigenvalue weighted by Crippen LogP contribution is -2.54. The van der Waals surface area contributed by atoms with Crippen LogP contribution in [0.3, 0.4) is 0 Å². The van der Waals surface area contributed by atoms with Crippen LogP contribution in [0.2, 0.25) is 0 Å². The normalized spacial score (nSPS) is 12.4. The molecular formula is C22H27N3O4. The second-order valence-corrected chi connectivity index (χ2v) is 6.60. The zero-order valence-electron chi connectivity index (χ0n) is 16.9. The predicted molar refractivity (Wildman–Crippen MR) is 110 cm³/mol. The quantitative estimate of drug-likeness (QED) is 0.597. The maximum atomic E-state index is 12.6. The van der Waals surface area contributed by atoms with Crippen molar-refractivity contribution in [3.63, 3.8) is 0 Å². The smallest absolute Gasteiger partial charge is 0.269 e. The van der Waals surface area contributed by atoms with Crippen LogP contribution in [0.15, 0.2) is 54.6 Å². The maximum absolute atomic E-state index is 12.6. The molecule has 7 nitrogen and oxygen atoms in total. The summed E-state index contributed by atoms with van der Waals surface area (Å²) in [6.45, 7) is 6.20. The minimum Gasteiger partial charge on any atom is -0.494 e. The number of hydrazine groups is 1. The third-order valence-corrected chi connectivity index (χ3v) is 4.54. The van der Waals surface area contributed by atoms with E-state index in [0.717, 1.165) is 0 Å². The predicted octanol–water partition coefficient (Wildman–Crippen LogP) is 2.69. The third-order valence-electron chi connectivity index (χ3n) is 4.54. The van der Waals surface area contributed by atoms with Crippen LogP contribution in [0.5, 0.6) is 5.75 Å². The van der Waals surface area contributed by atoms with E-state index in [-0.39, 0.29) is 11.8 Å². The fourth-order valence-corrected chi connectivity index (χ4v) is 2.65. The van der Waals surface area contributed by atoms with Gasteiger partial charge in [-0.1, -0.05) is 38.5 Å². The van der Waals surface area contributed by atoms with Crippen LogP contribution in [-0.2, 0) is 4.79 Å². The standard InChI is InChI=1S/C22H27N3O4/c1-4-15(3)19(23-20(26)16-9-7-6-8-10-16)22(28)25-24-21(27)17-11-13-18(14-12-17)29-5-2/h6-15,19H,4-5H2,1-3H3,(H,23,26)(H,24,27)(H,25,28)/t15-,19-/m0/s1. The molecule has 2 aromatic carbocycles. The van der Waals surface area contributed by atoms with Gasteiger partial charge >= 0.3 is 0 Å². The van der Waals surface area contributed by atoms with Gasteiger partial charge in [0.05, 0.1) is 6.61 Å². The molecule has 154 valence electrons. The Morgan fingerprint density at radius 3 is 2.07 bits per heavy atom. The Bertz CT molecular complexity index is 822. The van der Waals surface area contributed by atoms with Crippen molar-refractivity contribution in [1.29, 1.82) is 0 Å². The summed E-state index contributed by atoms with van der Waals surface area (Å²) >= 11 is 0. The van der Waals surface area contributed by atoms with Gasteiger partial charge in [0, 0.05) is 11.1 Å². The van der Waals surface area contributed by atoms with E-state index in [0.29, 0.717) is 29.9 Å². The van der Waals surface area contributed by atoms with Crippen LogP contribution >= 0.6 is 0 Å². The summed E-state index contributed by atoms with van der Waals surface area (Å²) in [5.41, 5.74) is 5.64. The average molecular weight is 397 g/mol. The van der Waals surface area contributed by atoms with Gasteiger partial charge in [-0.15, -0.1) is 0 Å². The van der Waals surface area contributed by atoms with Gasteiger partial charge in [-0.25, -0.2) is 0 Å². The first-order valence-corrected chi connectivity index (χ1v) is 9.65. The number of benzene rings is 2. The monoisotopic (exact) mass is 397 g/mol. The van der Waals surface area contributed by atoms with Crippen molar-refractivity contribution >= 4 is 17.7 Å². The molecule has 0 aliphatic rings. The largest absolute Gasteiger partial charge is 0.494 e. The molecule has 29 heavy (non-hydrogen) atoms. The molecule has 3 amide bonds. The molecule has 0 fully saturated rings. The molecule has 3 N–H and O–H groups in total. The van der Waals surface area contributed by atoms with Crippen LogP contribution < -0.4 is 20.9 Å². The number of ether oxygens (including phenoxy) is 1. The number of carbonyl (C=O) groups is 3. The van der Waals surface area contributed by atoms with Crippen molar-refractivity contribution in [2.75, 3.05) is 6.61 Å². The van der Waals surface area contributed by atoms with Gasteiger partial charge in [0.1, 0.15) is 11.8 Å². The number of rotatable bonds is 8. The molecule has 2 atom stereocenters. The van der Waals surface area contributed by atoms with Gasteiger partial charge in [-0.2, -0.15) is 0 Å². The zero-order valence-corrected chi connectivity index (χ0v) is 16.9. The highest BCUT2D eigenvalue weighted by molar-refractivity contribution is 5.99. The summed E-state index contributed by atoms with van der Waals surface area (Å²) in [4.78, 5) is 37.3. The van der Waals surface area contributed by atoms with Crippen LogP contribution in [0.1, 0.15) is 47.9 Å². The van der Waals surface area contributed by atoms with Crippen molar-refractivity contribution < 1.29 is 19.1 Å². The van der Waals surface area contributed by atoms with E-state index in [1.165, 1.54) is 0 Å². The molecular weight excluding hydrogens is 370 g/mol. The molecule has 0 saturated carbocycles. The second-order valence-electron chi connectivity index (χ2n) is 6.60.